The van der Waals surface area contributed by atoms with Gasteiger partial charge in [0.25, 0.3) is 0 Å². The number of aromatic nitrogens is 3. The predicted octanol–water partition coefficient (Wildman–Crippen LogP) is 5.09. The van der Waals surface area contributed by atoms with E-state index >= 15 is 0 Å². The summed E-state index contributed by atoms with van der Waals surface area (Å²) in [4.78, 5) is 14.4. The van der Waals surface area contributed by atoms with Gasteiger partial charge in [-0.1, -0.05) is 25.0 Å². The summed E-state index contributed by atoms with van der Waals surface area (Å²) in [5.41, 5.74) is 2.45. The van der Waals surface area contributed by atoms with Crippen molar-refractivity contribution in [1.82, 2.24) is 19.9 Å². The lowest BCUT2D eigenvalue weighted by atomic mass is 9.98. The number of carbonyl (C=O) groups excluding carboxylic acids is 1. The van der Waals surface area contributed by atoms with E-state index in [2.05, 4.69) is 17.2 Å². The number of amides is 1. The van der Waals surface area contributed by atoms with Gasteiger partial charge in [-0.25, -0.2) is 9.48 Å². The lowest BCUT2D eigenvalue weighted by Crippen LogP contribution is -2.39. The standard InChI is InChI=1S/C24H34N4O3/c1-4-14-24(15-16-24)27(2)23(29)30-17-21-22(25-26-28(21)3)18-10-12-20(13-11-18)31-19-8-6-5-7-9-19/h10-13,19H,4-9,14-17H2,1-3H3. The van der Waals surface area contributed by atoms with Crippen molar-refractivity contribution in [2.24, 2.45) is 7.05 Å². The molecule has 1 aromatic carbocycles. The highest BCUT2D eigenvalue weighted by atomic mass is 16.6. The minimum atomic E-state index is -0.283. The normalized spacial score (nSPS) is 17.9. The SMILES string of the molecule is CCCC1(N(C)C(=O)OCc2c(-c3ccc(OC4CCCCC4)cc3)nnn2C)CC1. The Hall–Kier alpha value is -2.57. The maximum Gasteiger partial charge on any atom is 0.410 e. The first-order chi connectivity index (χ1) is 15.0. The quantitative estimate of drug-likeness (QED) is 0.588. The summed E-state index contributed by atoms with van der Waals surface area (Å²) in [7, 11) is 3.67. The van der Waals surface area contributed by atoms with Crippen LogP contribution in [0.4, 0.5) is 4.79 Å². The zero-order valence-electron chi connectivity index (χ0n) is 19.0. The third-order valence-corrected chi connectivity index (χ3v) is 6.79. The topological polar surface area (TPSA) is 69.5 Å². The van der Waals surface area contributed by atoms with Crippen LogP contribution in [-0.4, -0.2) is 44.7 Å². The monoisotopic (exact) mass is 426 g/mol. The fourth-order valence-corrected chi connectivity index (χ4v) is 4.61. The molecule has 0 aliphatic heterocycles. The molecular weight excluding hydrogens is 392 g/mol. The summed E-state index contributed by atoms with van der Waals surface area (Å²) < 4.78 is 13.5. The number of aryl methyl sites for hydroxylation is 1. The molecule has 2 fully saturated rings. The van der Waals surface area contributed by atoms with Gasteiger partial charge in [0, 0.05) is 25.2 Å². The van der Waals surface area contributed by atoms with E-state index in [1.807, 2.05) is 38.4 Å². The van der Waals surface area contributed by atoms with Crippen molar-refractivity contribution in [3.63, 3.8) is 0 Å². The van der Waals surface area contributed by atoms with Crippen LogP contribution < -0.4 is 4.74 Å². The average molecular weight is 427 g/mol. The zero-order chi connectivity index (χ0) is 21.8. The molecule has 0 unspecified atom stereocenters. The van der Waals surface area contributed by atoms with Crippen molar-refractivity contribution in [2.45, 2.75) is 83.0 Å². The van der Waals surface area contributed by atoms with E-state index in [1.165, 1.54) is 19.3 Å². The van der Waals surface area contributed by atoms with E-state index < -0.39 is 0 Å². The van der Waals surface area contributed by atoms with Crippen LogP contribution in [0.1, 0.15) is 70.4 Å². The molecule has 168 valence electrons. The molecule has 0 saturated heterocycles. The summed E-state index contributed by atoms with van der Waals surface area (Å²) >= 11 is 0. The van der Waals surface area contributed by atoms with Crippen LogP contribution in [0.15, 0.2) is 24.3 Å². The Morgan fingerprint density at radius 1 is 1.19 bits per heavy atom. The number of hydrogen-bond acceptors (Lipinski definition) is 5. The van der Waals surface area contributed by atoms with Crippen LogP contribution >= 0.6 is 0 Å². The van der Waals surface area contributed by atoms with Crippen LogP contribution in [0.2, 0.25) is 0 Å². The Kier molecular flexibility index (Phi) is 6.49. The third kappa shape index (κ3) is 4.86. The highest BCUT2D eigenvalue weighted by molar-refractivity contribution is 5.69. The van der Waals surface area contributed by atoms with Gasteiger partial charge in [0.1, 0.15) is 23.7 Å². The molecule has 0 atom stereocenters. The van der Waals surface area contributed by atoms with Crippen molar-refractivity contribution < 1.29 is 14.3 Å². The molecule has 1 aromatic heterocycles. The molecule has 4 rings (SSSR count). The van der Waals surface area contributed by atoms with Crippen LogP contribution in [0.3, 0.4) is 0 Å². The highest BCUT2D eigenvalue weighted by Gasteiger charge is 2.48. The van der Waals surface area contributed by atoms with Crippen LogP contribution in [0, 0.1) is 0 Å². The number of rotatable bonds is 8. The maximum absolute atomic E-state index is 12.6. The second-order valence-corrected chi connectivity index (χ2v) is 9.00. The molecule has 0 radical (unpaired) electrons. The zero-order valence-corrected chi connectivity index (χ0v) is 19.0. The molecule has 1 amide bonds. The highest BCUT2D eigenvalue weighted by Crippen LogP contribution is 2.45. The molecule has 7 nitrogen and oxygen atoms in total. The largest absolute Gasteiger partial charge is 0.490 e. The molecule has 0 N–H and O–H groups in total. The smallest absolute Gasteiger partial charge is 0.410 e. The van der Waals surface area contributed by atoms with Gasteiger partial charge in [-0.2, -0.15) is 0 Å². The Balaban J connectivity index is 1.40. The molecule has 0 spiro atoms. The van der Waals surface area contributed by atoms with E-state index in [4.69, 9.17) is 9.47 Å². The van der Waals surface area contributed by atoms with Crippen LogP contribution in [-0.2, 0) is 18.4 Å². The fourth-order valence-electron chi connectivity index (χ4n) is 4.61. The maximum atomic E-state index is 12.6. The lowest BCUT2D eigenvalue weighted by molar-refractivity contribution is 0.0825. The number of ether oxygens (including phenoxy) is 2. The van der Waals surface area contributed by atoms with Gasteiger partial charge in [0.15, 0.2) is 0 Å². The van der Waals surface area contributed by atoms with Gasteiger partial charge in [-0.05, 0) is 69.2 Å². The minimum Gasteiger partial charge on any atom is -0.490 e. The van der Waals surface area contributed by atoms with E-state index in [9.17, 15) is 4.79 Å². The Bertz CT molecular complexity index is 883. The molecule has 31 heavy (non-hydrogen) atoms. The van der Waals surface area contributed by atoms with Gasteiger partial charge < -0.3 is 14.4 Å². The van der Waals surface area contributed by atoms with Gasteiger partial charge in [0.05, 0.1) is 6.10 Å². The molecule has 2 saturated carbocycles. The molecule has 1 heterocycles. The van der Waals surface area contributed by atoms with E-state index in [0.29, 0.717) is 6.10 Å². The number of carbonyl (C=O) groups is 1. The van der Waals surface area contributed by atoms with Gasteiger partial charge in [-0.15, -0.1) is 5.10 Å². The van der Waals surface area contributed by atoms with Crippen molar-refractivity contribution >= 4 is 6.09 Å². The number of benzene rings is 1. The van der Waals surface area contributed by atoms with Crippen LogP contribution in [0.25, 0.3) is 11.3 Å². The van der Waals surface area contributed by atoms with E-state index in [0.717, 1.165) is 61.2 Å². The van der Waals surface area contributed by atoms with Crippen molar-refractivity contribution in [3.05, 3.63) is 30.0 Å². The minimum absolute atomic E-state index is 0.00641. The average Bonchev–Trinajstić information content (AvgIpc) is 3.48. The summed E-state index contributed by atoms with van der Waals surface area (Å²) in [6.45, 7) is 2.29. The van der Waals surface area contributed by atoms with Crippen molar-refractivity contribution in [2.75, 3.05) is 7.05 Å². The summed E-state index contributed by atoms with van der Waals surface area (Å²) in [5.74, 6) is 0.889. The lowest BCUT2D eigenvalue weighted by Gasteiger charge is -2.27. The second-order valence-electron chi connectivity index (χ2n) is 9.00. The van der Waals surface area contributed by atoms with Crippen LogP contribution in [0.5, 0.6) is 5.75 Å². The first-order valence-corrected chi connectivity index (χ1v) is 11.6. The van der Waals surface area contributed by atoms with Gasteiger partial charge in [-0.3, -0.25) is 0 Å². The van der Waals surface area contributed by atoms with Crippen molar-refractivity contribution in [3.8, 4) is 17.0 Å². The molecule has 7 heteroatoms. The second kappa shape index (κ2) is 9.28. The Morgan fingerprint density at radius 3 is 2.55 bits per heavy atom. The Morgan fingerprint density at radius 2 is 1.90 bits per heavy atom. The summed E-state index contributed by atoms with van der Waals surface area (Å²) in [5, 5.41) is 8.46. The molecule has 0 bridgehead atoms. The Labute approximate surface area is 184 Å². The summed E-state index contributed by atoms with van der Waals surface area (Å²) in [6, 6.07) is 7.98. The van der Waals surface area contributed by atoms with Gasteiger partial charge >= 0.3 is 6.09 Å². The first-order valence-electron chi connectivity index (χ1n) is 11.6. The fraction of sp³-hybridized carbons (Fsp3) is 0.625. The van der Waals surface area contributed by atoms with Crippen molar-refractivity contribution in [1.29, 1.82) is 0 Å². The van der Waals surface area contributed by atoms with E-state index in [-0.39, 0.29) is 18.2 Å². The summed E-state index contributed by atoms with van der Waals surface area (Å²) in [6.07, 6.45) is 10.3. The number of hydrogen-bond donors (Lipinski definition) is 0. The van der Waals surface area contributed by atoms with E-state index in [1.54, 1.807) is 9.58 Å². The third-order valence-electron chi connectivity index (χ3n) is 6.79. The predicted molar refractivity (Wildman–Crippen MR) is 119 cm³/mol. The molecular formula is C24H34N4O3. The number of nitrogens with zero attached hydrogens (tertiary/aromatic N) is 4. The molecule has 2 aliphatic rings. The molecule has 2 aromatic rings. The van der Waals surface area contributed by atoms with Gasteiger partial charge in [0.2, 0.25) is 0 Å². The first kappa shape index (κ1) is 21.7. The molecule has 2 aliphatic carbocycles.